The number of halogens is 1. The normalized spacial score (nSPS) is 9.67. The number of Topliss-reactive ketones (excluding diaryl/α,β-unsaturated/α-hetero) is 1. The lowest BCUT2D eigenvalue weighted by molar-refractivity contribution is -0.115. The van der Waals surface area contributed by atoms with Gasteiger partial charge in [0, 0.05) is 17.5 Å². The molecule has 78 valence electrons. The van der Waals surface area contributed by atoms with E-state index in [2.05, 4.69) is 15.9 Å². The van der Waals surface area contributed by atoms with Gasteiger partial charge in [0.15, 0.2) is 12.6 Å². The maximum absolute atomic E-state index is 11.1. The summed E-state index contributed by atoms with van der Waals surface area (Å²) < 4.78 is 0. The van der Waals surface area contributed by atoms with E-state index in [0.717, 1.165) is 5.56 Å². The Morgan fingerprint density at radius 2 is 1.87 bits per heavy atom. The SMILES string of the molecule is O=Cc1ccc(CC(=O)CBr)cc1C=O. The van der Waals surface area contributed by atoms with Crippen LogP contribution in [0.3, 0.4) is 0 Å². The van der Waals surface area contributed by atoms with Crippen molar-refractivity contribution in [2.45, 2.75) is 6.42 Å². The van der Waals surface area contributed by atoms with Crippen LogP contribution in [0.15, 0.2) is 18.2 Å². The Morgan fingerprint density at radius 1 is 1.20 bits per heavy atom. The van der Waals surface area contributed by atoms with E-state index in [1.54, 1.807) is 18.2 Å². The van der Waals surface area contributed by atoms with Crippen LogP contribution >= 0.6 is 15.9 Å². The number of carbonyl (C=O) groups excluding carboxylic acids is 3. The zero-order valence-corrected chi connectivity index (χ0v) is 9.49. The topological polar surface area (TPSA) is 51.2 Å². The van der Waals surface area contributed by atoms with Crippen LogP contribution in [0.2, 0.25) is 0 Å². The summed E-state index contributed by atoms with van der Waals surface area (Å²) in [5.41, 5.74) is 1.41. The van der Waals surface area contributed by atoms with Crippen LogP contribution in [0, 0.1) is 0 Å². The van der Waals surface area contributed by atoms with Gasteiger partial charge >= 0.3 is 0 Å². The van der Waals surface area contributed by atoms with E-state index in [1.807, 2.05) is 0 Å². The molecule has 0 spiro atoms. The average Bonchev–Trinajstić information content (AvgIpc) is 2.28. The molecule has 0 atom stereocenters. The Hall–Kier alpha value is -1.29. The predicted molar refractivity (Wildman–Crippen MR) is 59.7 cm³/mol. The Morgan fingerprint density at radius 3 is 2.40 bits per heavy atom. The fraction of sp³-hybridized carbons (Fsp3) is 0.182. The van der Waals surface area contributed by atoms with E-state index in [4.69, 9.17) is 0 Å². The van der Waals surface area contributed by atoms with Crippen molar-refractivity contribution in [1.82, 2.24) is 0 Å². The van der Waals surface area contributed by atoms with Crippen LogP contribution in [-0.2, 0) is 11.2 Å². The Kier molecular flexibility index (Phi) is 4.37. The number of benzene rings is 1. The van der Waals surface area contributed by atoms with E-state index in [0.29, 0.717) is 29.0 Å². The molecule has 0 unspecified atom stereocenters. The number of ketones is 1. The van der Waals surface area contributed by atoms with Gasteiger partial charge in [0.25, 0.3) is 0 Å². The van der Waals surface area contributed by atoms with Crippen LogP contribution in [0.4, 0.5) is 0 Å². The molecule has 3 nitrogen and oxygen atoms in total. The summed E-state index contributed by atoms with van der Waals surface area (Å²) in [6.07, 6.45) is 1.51. The van der Waals surface area contributed by atoms with Gasteiger partial charge in [-0.15, -0.1) is 0 Å². The van der Waals surface area contributed by atoms with E-state index in [-0.39, 0.29) is 12.2 Å². The summed E-state index contributed by atoms with van der Waals surface area (Å²) in [7, 11) is 0. The highest BCUT2D eigenvalue weighted by molar-refractivity contribution is 9.09. The third-order valence-electron chi connectivity index (χ3n) is 1.96. The molecule has 0 aliphatic carbocycles. The van der Waals surface area contributed by atoms with Crippen molar-refractivity contribution in [3.63, 3.8) is 0 Å². The van der Waals surface area contributed by atoms with E-state index in [1.165, 1.54) is 0 Å². The van der Waals surface area contributed by atoms with E-state index in [9.17, 15) is 14.4 Å². The third-order valence-corrected chi connectivity index (χ3v) is 2.58. The molecule has 4 heteroatoms. The lowest BCUT2D eigenvalue weighted by atomic mass is 10.0. The molecule has 0 N–H and O–H groups in total. The van der Waals surface area contributed by atoms with Crippen LogP contribution in [0.5, 0.6) is 0 Å². The first kappa shape index (κ1) is 11.8. The van der Waals surface area contributed by atoms with Gasteiger partial charge in [-0.2, -0.15) is 0 Å². The molecule has 0 bridgehead atoms. The van der Waals surface area contributed by atoms with Gasteiger partial charge in [0.1, 0.15) is 5.78 Å². The molecule has 0 saturated carbocycles. The van der Waals surface area contributed by atoms with E-state index >= 15 is 0 Å². The second-order valence-corrected chi connectivity index (χ2v) is 3.61. The zero-order valence-electron chi connectivity index (χ0n) is 7.90. The Bertz CT molecular complexity index is 399. The molecule has 1 aromatic rings. The number of aldehydes is 2. The summed E-state index contributed by atoms with van der Waals surface area (Å²) in [6, 6.07) is 4.79. The van der Waals surface area contributed by atoms with Gasteiger partial charge in [-0.3, -0.25) is 14.4 Å². The smallest absolute Gasteiger partial charge is 0.150 e. The predicted octanol–water partition coefficient (Wildman–Crippen LogP) is 1.82. The summed E-state index contributed by atoms with van der Waals surface area (Å²) >= 11 is 3.06. The van der Waals surface area contributed by atoms with Gasteiger partial charge in [-0.1, -0.05) is 28.1 Å². The molecule has 15 heavy (non-hydrogen) atoms. The molecular weight excluding hydrogens is 260 g/mol. The standard InChI is InChI=1S/C11H9BrO3/c12-5-11(15)4-8-1-2-9(6-13)10(3-8)7-14/h1-3,6-7H,4-5H2. The molecule has 1 aromatic carbocycles. The highest BCUT2D eigenvalue weighted by Gasteiger charge is 2.05. The fourth-order valence-corrected chi connectivity index (χ4v) is 1.42. The van der Waals surface area contributed by atoms with Gasteiger partial charge in [-0.25, -0.2) is 0 Å². The minimum absolute atomic E-state index is 0.0331. The molecule has 0 saturated heterocycles. The largest absolute Gasteiger partial charge is 0.298 e. The van der Waals surface area contributed by atoms with Crippen molar-refractivity contribution in [2.24, 2.45) is 0 Å². The van der Waals surface area contributed by atoms with Crippen LogP contribution in [0.25, 0.3) is 0 Å². The zero-order chi connectivity index (χ0) is 11.3. The first-order chi connectivity index (χ1) is 7.21. The highest BCUT2D eigenvalue weighted by Crippen LogP contribution is 2.10. The van der Waals surface area contributed by atoms with Crippen molar-refractivity contribution in [3.8, 4) is 0 Å². The minimum atomic E-state index is 0.0331. The van der Waals surface area contributed by atoms with Crippen LogP contribution < -0.4 is 0 Å². The molecule has 0 aliphatic heterocycles. The number of hydrogen-bond acceptors (Lipinski definition) is 3. The molecule has 1 rings (SSSR count). The number of rotatable bonds is 5. The van der Waals surface area contributed by atoms with Crippen molar-refractivity contribution < 1.29 is 14.4 Å². The first-order valence-corrected chi connectivity index (χ1v) is 5.44. The van der Waals surface area contributed by atoms with Gasteiger partial charge in [0.05, 0.1) is 5.33 Å². The maximum Gasteiger partial charge on any atom is 0.150 e. The lowest BCUT2D eigenvalue weighted by Gasteiger charge is -2.01. The quantitative estimate of drug-likeness (QED) is 0.605. The van der Waals surface area contributed by atoms with Gasteiger partial charge in [-0.05, 0) is 11.6 Å². The molecule has 0 aliphatic rings. The molecule has 0 heterocycles. The number of carbonyl (C=O) groups is 3. The summed E-state index contributed by atoms with van der Waals surface area (Å²) in [6.45, 7) is 0. The molecule has 0 fully saturated rings. The van der Waals surface area contributed by atoms with Gasteiger partial charge in [0.2, 0.25) is 0 Å². The second-order valence-electron chi connectivity index (χ2n) is 3.05. The monoisotopic (exact) mass is 268 g/mol. The summed E-state index contributed by atoms with van der Waals surface area (Å²) in [5.74, 6) is 0.0331. The first-order valence-electron chi connectivity index (χ1n) is 4.32. The maximum atomic E-state index is 11.1. The lowest BCUT2D eigenvalue weighted by Crippen LogP contribution is -2.04. The molecule has 0 aromatic heterocycles. The summed E-state index contributed by atoms with van der Waals surface area (Å²) in [4.78, 5) is 32.3. The average molecular weight is 269 g/mol. The highest BCUT2D eigenvalue weighted by atomic mass is 79.9. The molecule has 0 radical (unpaired) electrons. The molecule has 0 amide bonds. The van der Waals surface area contributed by atoms with Crippen molar-refractivity contribution in [2.75, 3.05) is 5.33 Å². The Balaban J connectivity index is 2.97. The fourth-order valence-electron chi connectivity index (χ4n) is 1.22. The Labute approximate surface area is 95.6 Å². The summed E-state index contributed by atoms with van der Waals surface area (Å²) in [5, 5.41) is 0.291. The van der Waals surface area contributed by atoms with Crippen molar-refractivity contribution >= 4 is 34.3 Å². The number of alkyl halides is 1. The number of hydrogen-bond donors (Lipinski definition) is 0. The molecular formula is C11H9BrO3. The third kappa shape index (κ3) is 3.09. The van der Waals surface area contributed by atoms with E-state index < -0.39 is 0 Å². The van der Waals surface area contributed by atoms with Crippen LogP contribution in [0.1, 0.15) is 26.3 Å². The second kappa shape index (κ2) is 5.56. The van der Waals surface area contributed by atoms with Gasteiger partial charge < -0.3 is 0 Å². The van der Waals surface area contributed by atoms with Crippen molar-refractivity contribution in [3.05, 3.63) is 34.9 Å². The van der Waals surface area contributed by atoms with Crippen molar-refractivity contribution in [1.29, 1.82) is 0 Å². The van der Waals surface area contributed by atoms with Crippen LogP contribution in [-0.4, -0.2) is 23.7 Å². The minimum Gasteiger partial charge on any atom is -0.298 e.